The Bertz CT molecular complexity index is 709. The van der Waals surface area contributed by atoms with Gasteiger partial charge in [-0.3, -0.25) is 9.69 Å². The molecule has 1 aliphatic heterocycles. The van der Waals surface area contributed by atoms with Crippen LogP contribution in [0.5, 0.6) is 0 Å². The molecule has 1 saturated heterocycles. The summed E-state index contributed by atoms with van der Waals surface area (Å²) < 4.78 is 38.3. The van der Waals surface area contributed by atoms with Crippen molar-refractivity contribution in [3.05, 3.63) is 35.9 Å². The summed E-state index contributed by atoms with van der Waals surface area (Å²) in [6.45, 7) is 3.68. The van der Waals surface area contributed by atoms with Gasteiger partial charge in [0.2, 0.25) is 5.91 Å². The molecule has 0 aliphatic carbocycles. The van der Waals surface area contributed by atoms with Crippen LogP contribution in [0.3, 0.4) is 0 Å². The van der Waals surface area contributed by atoms with Crippen LogP contribution >= 0.6 is 0 Å². The number of carbonyl (C=O) groups excluding carboxylic acids is 1. The van der Waals surface area contributed by atoms with Crippen LogP contribution in [0, 0.1) is 5.92 Å². The second-order valence-corrected chi connectivity index (χ2v) is 8.13. The van der Waals surface area contributed by atoms with Gasteiger partial charge in [0.25, 0.3) is 0 Å². The number of hydrogen-bond donors (Lipinski definition) is 1. The number of carbonyl (C=O) groups is 1. The average molecular weight is 442 g/mol. The van der Waals surface area contributed by atoms with E-state index in [1.165, 1.54) is 15.4 Å². The first-order chi connectivity index (χ1) is 14.7. The summed E-state index contributed by atoms with van der Waals surface area (Å²) in [4.78, 5) is 21.5. The number of amides is 1. The zero-order chi connectivity index (χ0) is 22.9. The van der Waals surface area contributed by atoms with Crippen LogP contribution in [0.2, 0.25) is 0 Å². The molecule has 1 fully saturated rings. The Balaban J connectivity index is 1.97. The lowest BCUT2D eigenvalue weighted by atomic mass is 10.1. The first-order valence-corrected chi connectivity index (χ1v) is 10.7. The van der Waals surface area contributed by atoms with E-state index in [-0.39, 0.29) is 18.4 Å². The van der Waals surface area contributed by atoms with Gasteiger partial charge in [-0.1, -0.05) is 37.3 Å². The minimum absolute atomic E-state index is 0.0387. The summed E-state index contributed by atoms with van der Waals surface area (Å²) in [5.74, 6) is 0.681. The highest BCUT2D eigenvalue weighted by atomic mass is 19.4. The lowest BCUT2D eigenvalue weighted by Crippen LogP contribution is -2.43. The fourth-order valence-electron chi connectivity index (χ4n) is 3.61. The summed E-state index contributed by atoms with van der Waals surface area (Å²) in [6.07, 6.45) is -2.57. The van der Waals surface area contributed by atoms with Crippen LogP contribution in [0.4, 0.5) is 13.2 Å². The minimum atomic E-state index is -4.19. The predicted octanol–water partition coefficient (Wildman–Crippen LogP) is 2.47. The molecular formula is C22H34F3N5O. The standard InChI is InChI=1S/C22H34F3N5O/c1-4-29(17-22(23,24)25)15-19-11-13-30(16-19)21(27-14-20(31)28(2)3)26-12-10-18-8-6-5-7-9-18/h5-9,19H,4,10-17H2,1-3H3,(H,26,27). The van der Waals surface area contributed by atoms with E-state index in [1.807, 2.05) is 18.2 Å². The fraction of sp³-hybridized carbons (Fsp3) is 0.636. The van der Waals surface area contributed by atoms with Crippen molar-refractivity contribution < 1.29 is 18.0 Å². The normalized spacial score (nSPS) is 17.3. The molecule has 0 aromatic heterocycles. The molecule has 1 amide bonds. The molecule has 6 nitrogen and oxygen atoms in total. The Morgan fingerprint density at radius 2 is 1.97 bits per heavy atom. The molecular weight excluding hydrogens is 407 g/mol. The van der Waals surface area contributed by atoms with E-state index >= 15 is 0 Å². The molecule has 0 radical (unpaired) electrons. The number of likely N-dealkylation sites (tertiary alicyclic amines) is 1. The molecule has 2 rings (SSSR count). The number of alkyl halides is 3. The van der Waals surface area contributed by atoms with E-state index in [0.29, 0.717) is 38.7 Å². The second kappa shape index (κ2) is 11.9. The minimum Gasteiger partial charge on any atom is -0.356 e. The van der Waals surface area contributed by atoms with E-state index in [2.05, 4.69) is 27.3 Å². The number of nitrogens with one attached hydrogen (secondary N) is 1. The Kier molecular flexibility index (Phi) is 9.61. The molecule has 9 heteroatoms. The molecule has 1 N–H and O–H groups in total. The molecule has 31 heavy (non-hydrogen) atoms. The molecule has 0 spiro atoms. The molecule has 0 bridgehead atoms. The van der Waals surface area contributed by atoms with Crippen LogP contribution in [-0.2, 0) is 11.2 Å². The number of aliphatic imine (C=N–C) groups is 1. The van der Waals surface area contributed by atoms with Gasteiger partial charge in [0, 0.05) is 40.3 Å². The van der Waals surface area contributed by atoms with E-state index in [9.17, 15) is 18.0 Å². The van der Waals surface area contributed by atoms with E-state index in [0.717, 1.165) is 12.8 Å². The van der Waals surface area contributed by atoms with Gasteiger partial charge in [0.1, 0.15) is 6.54 Å². The highest BCUT2D eigenvalue weighted by molar-refractivity contribution is 5.85. The number of rotatable bonds is 9. The van der Waals surface area contributed by atoms with Crippen LogP contribution in [0.15, 0.2) is 35.3 Å². The van der Waals surface area contributed by atoms with Crippen molar-refractivity contribution in [3.8, 4) is 0 Å². The summed E-state index contributed by atoms with van der Waals surface area (Å²) in [7, 11) is 3.37. The van der Waals surface area contributed by atoms with Crippen molar-refractivity contribution in [2.24, 2.45) is 10.9 Å². The van der Waals surface area contributed by atoms with Crippen molar-refractivity contribution in [2.45, 2.75) is 25.9 Å². The van der Waals surface area contributed by atoms with E-state index in [1.54, 1.807) is 21.0 Å². The van der Waals surface area contributed by atoms with Crippen LogP contribution in [-0.4, -0.2) is 92.7 Å². The maximum absolute atomic E-state index is 12.8. The number of guanidine groups is 1. The van der Waals surface area contributed by atoms with Crippen molar-refractivity contribution >= 4 is 11.9 Å². The quantitative estimate of drug-likeness (QED) is 0.473. The van der Waals surface area contributed by atoms with Gasteiger partial charge in [0.15, 0.2) is 5.96 Å². The Labute approximate surface area is 183 Å². The third-order valence-corrected chi connectivity index (χ3v) is 5.35. The molecule has 174 valence electrons. The van der Waals surface area contributed by atoms with Crippen molar-refractivity contribution in [1.29, 1.82) is 0 Å². The number of benzene rings is 1. The lowest BCUT2D eigenvalue weighted by molar-refractivity contribution is -0.146. The van der Waals surface area contributed by atoms with Gasteiger partial charge in [-0.05, 0) is 30.9 Å². The first kappa shape index (κ1) is 25.0. The molecule has 1 aromatic carbocycles. The smallest absolute Gasteiger partial charge is 0.356 e. The molecule has 0 saturated carbocycles. The summed E-state index contributed by atoms with van der Waals surface area (Å²) in [5, 5.41) is 3.34. The van der Waals surface area contributed by atoms with Gasteiger partial charge < -0.3 is 15.1 Å². The van der Waals surface area contributed by atoms with Crippen LogP contribution < -0.4 is 5.32 Å². The zero-order valence-corrected chi connectivity index (χ0v) is 18.7. The topological polar surface area (TPSA) is 51.2 Å². The SMILES string of the molecule is CCN(CC1CCN(C(=NCC(=O)N(C)C)NCCc2ccccc2)C1)CC(F)(F)F. The Hall–Kier alpha value is -2.29. The van der Waals surface area contributed by atoms with E-state index < -0.39 is 12.7 Å². The van der Waals surface area contributed by atoms with Gasteiger partial charge >= 0.3 is 6.18 Å². The predicted molar refractivity (Wildman–Crippen MR) is 117 cm³/mol. The summed E-state index contributed by atoms with van der Waals surface area (Å²) >= 11 is 0. The Morgan fingerprint density at radius 3 is 2.58 bits per heavy atom. The number of hydrogen-bond acceptors (Lipinski definition) is 3. The zero-order valence-electron chi connectivity index (χ0n) is 18.7. The maximum atomic E-state index is 12.8. The molecule has 1 aliphatic rings. The third kappa shape index (κ3) is 9.16. The average Bonchev–Trinajstić information content (AvgIpc) is 3.17. The van der Waals surface area contributed by atoms with Crippen molar-refractivity contribution in [3.63, 3.8) is 0 Å². The molecule has 1 unspecified atom stereocenters. The number of nitrogens with zero attached hydrogens (tertiary/aromatic N) is 4. The highest BCUT2D eigenvalue weighted by Gasteiger charge is 2.33. The largest absolute Gasteiger partial charge is 0.401 e. The van der Waals surface area contributed by atoms with Crippen molar-refractivity contribution in [2.75, 3.05) is 59.9 Å². The van der Waals surface area contributed by atoms with Gasteiger partial charge in [-0.15, -0.1) is 0 Å². The van der Waals surface area contributed by atoms with Crippen molar-refractivity contribution in [1.82, 2.24) is 20.0 Å². The lowest BCUT2D eigenvalue weighted by Gasteiger charge is -2.26. The Morgan fingerprint density at radius 1 is 1.26 bits per heavy atom. The monoisotopic (exact) mass is 441 g/mol. The van der Waals surface area contributed by atoms with Crippen LogP contribution in [0.25, 0.3) is 0 Å². The summed E-state index contributed by atoms with van der Waals surface area (Å²) in [5.41, 5.74) is 1.20. The van der Waals surface area contributed by atoms with E-state index in [4.69, 9.17) is 0 Å². The van der Waals surface area contributed by atoms with Gasteiger partial charge in [-0.2, -0.15) is 13.2 Å². The fourth-order valence-corrected chi connectivity index (χ4v) is 3.61. The number of likely N-dealkylation sites (N-methyl/N-ethyl adjacent to an activating group) is 1. The molecule has 1 heterocycles. The maximum Gasteiger partial charge on any atom is 0.401 e. The third-order valence-electron chi connectivity index (χ3n) is 5.35. The summed E-state index contributed by atoms with van der Waals surface area (Å²) in [6, 6.07) is 10.1. The highest BCUT2D eigenvalue weighted by Crippen LogP contribution is 2.21. The number of halogens is 3. The van der Waals surface area contributed by atoms with Gasteiger partial charge in [-0.25, -0.2) is 4.99 Å². The molecule has 1 aromatic rings. The molecule has 1 atom stereocenters. The second-order valence-electron chi connectivity index (χ2n) is 8.13. The van der Waals surface area contributed by atoms with Crippen LogP contribution in [0.1, 0.15) is 18.9 Å². The first-order valence-electron chi connectivity index (χ1n) is 10.7. The van der Waals surface area contributed by atoms with Gasteiger partial charge in [0.05, 0.1) is 6.54 Å².